The molecule has 0 aliphatic rings. The van der Waals surface area contributed by atoms with E-state index in [2.05, 4.69) is 4.98 Å². The van der Waals surface area contributed by atoms with Crippen LogP contribution in [0.4, 0.5) is 0 Å². The molecule has 0 spiro atoms. The van der Waals surface area contributed by atoms with Crippen molar-refractivity contribution in [1.29, 1.82) is 0 Å². The Bertz CT molecular complexity index is 676. The third-order valence-electron chi connectivity index (χ3n) is 2.82. The molecule has 1 heterocycles. The molecule has 1 N–H and O–H groups in total. The molecule has 2 rings (SSSR count). The van der Waals surface area contributed by atoms with E-state index in [4.69, 9.17) is 9.47 Å². The van der Waals surface area contributed by atoms with Gasteiger partial charge in [-0.2, -0.15) is 0 Å². The number of pyridine rings is 1. The Morgan fingerprint density at radius 2 is 2.10 bits per heavy atom. The van der Waals surface area contributed by atoms with E-state index in [-0.39, 0.29) is 12.2 Å². The summed E-state index contributed by atoms with van der Waals surface area (Å²) >= 11 is 0. The van der Waals surface area contributed by atoms with Crippen molar-refractivity contribution >= 4 is 5.97 Å². The maximum Gasteiger partial charge on any atom is 0.344 e. The van der Waals surface area contributed by atoms with Crippen molar-refractivity contribution < 1.29 is 14.3 Å². The fourth-order valence-electron chi connectivity index (χ4n) is 1.92. The highest BCUT2D eigenvalue weighted by Gasteiger charge is 2.18. The lowest BCUT2D eigenvalue weighted by atomic mass is 10.0. The van der Waals surface area contributed by atoms with Crippen molar-refractivity contribution in [2.75, 3.05) is 13.7 Å². The number of carbonyl (C=O) groups is 1. The average Bonchev–Trinajstić information content (AvgIpc) is 2.47. The molecule has 0 saturated carbocycles. The molecule has 0 aliphatic carbocycles. The van der Waals surface area contributed by atoms with Crippen LogP contribution in [0.15, 0.2) is 41.3 Å². The summed E-state index contributed by atoms with van der Waals surface area (Å²) in [7, 11) is 1.56. The summed E-state index contributed by atoms with van der Waals surface area (Å²) in [5, 5.41) is 0. The predicted molar refractivity (Wildman–Crippen MR) is 75.0 cm³/mol. The van der Waals surface area contributed by atoms with Gasteiger partial charge in [-0.25, -0.2) is 4.79 Å². The third-order valence-corrected chi connectivity index (χ3v) is 2.82. The molecule has 0 atom stereocenters. The molecule has 5 nitrogen and oxygen atoms in total. The van der Waals surface area contributed by atoms with E-state index in [0.29, 0.717) is 11.3 Å². The van der Waals surface area contributed by atoms with Crippen molar-refractivity contribution in [2.45, 2.75) is 6.92 Å². The first kappa shape index (κ1) is 13.9. The van der Waals surface area contributed by atoms with Gasteiger partial charge in [0, 0.05) is 11.8 Å². The molecule has 1 aromatic heterocycles. The fraction of sp³-hybridized carbons (Fsp3) is 0.200. The van der Waals surface area contributed by atoms with Crippen LogP contribution in [0.5, 0.6) is 5.75 Å². The van der Waals surface area contributed by atoms with E-state index in [9.17, 15) is 9.59 Å². The van der Waals surface area contributed by atoms with Gasteiger partial charge in [-0.15, -0.1) is 0 Å². The van der Waals surface area contributed by atoms with Crippen molar-refractivity contribution in [3.8, 4) is 16.9 Å². The number of esters is 1. The van der Waals surface area contributed by atoms with E-state index in [1.807, 2.05) is 0 Å². The number of rotatable bonds is 4. The van der Waals surface area contributed by atoms with Crippen LogP contribution >= 0.6 is 0 Å². The highest BCUT2D eigenvalue weighted by atomic mass is 16.5. The highest BCUT2D eigenvalue weighted by molar-refractivity contribution is 5.96. The number of hydrogen-bond acceptors (Lipinski definition) is 4. The Labute approximate surface area is 116 Å². The van der Waals surface area contributed by atoms with E-state index < -0.39 is 11.5 Å². The Morgan fingerprint density at radius 1 is 1.30 bits per heavy atom. The van der Waals surface area contributed by atoms with Crippen LogP contribution < -0.4 is 10.3 Å². The fourth-order valence-corrected chi connectivity index (χ4v) is 1.92. The standard InChI is InChI=1S/C15H15NO4/c1-3-20-15(18)13-12(7-8-16-14(13)17)10-5-4-6-11(9-10)19-2/h4-9H,3H2,1-2H3,(H,16,17). The van der Waals surface area contributed by atoms with Gasteiger partial charge < -0.3 is 14.5 Å². The maximum atomic E-state index is 11.9. The van der Waals surface area contributed by atoms with Crippen molar-refractivity contribution in [1.82, 2.24) is 4.98 Å². The SMILES string of the molecule is CCOC(=O)c1c(-c2cccc(OC)c2)cc[nH]c1=O. The zero-order valence-corrected chi connectivity index (χ0v) is 11.3. The summed E-state index contributed by atoms with van der Waals surface area (Å²) in [5.74, 6) is 0.0183. The van der Waals surface area contributed by atoms with Crippen LogP contribution in [0.1, 0.15) is 17.3 Å². The normalized spacial score (nSPS) is 10.1. The zero-order valence-electron chi connectivity index (χ0n) is 11.3. The number of aromatic nitrogens is 1. The minimum atomic E-state index is -0.632. The van der Waals surface area contributed by atoms with E-state index >= 15 is 0 Å². The predicted octanol–water partition coefficient (Wildman–Crippen LogP) is 2.23. The molecule has 1 aromatic carbocycles. The molecule has 0 aliphatic heterocycles. The van der Waals surface area contributed by atoms with E-state index in [1.165, 1.54) is 6.20 Å². The number of carbonyl (C=O) groups excluding carboxylic acids is 1. The Balaban J connectivity index is 2.59. The molecule has 20 heavy (non-hydrogen) atoms. The number of nitrogens with one attached hydrogen (secondary N) is 1. The lowest BCUT2D eigenvalue weighted by Gasteiger charge is -2.09. The lowest BCUT2D eigenvalue weighted by Crippen LogP contribution is -2.20. The number of hydrogen-bond donors (Lipinski definition) is 1. The Kier molecular flexibility index (Phi) is 4.20. The number of aromatic amines is 1. The van der Waals surface area contributed by atoms with Crippen LogP contribution in [0.25, 0.3) is 11.1 Å². The molecule has 0 radical (unpaired) electrons. The third kappa shape index (κ3) is 2.71. The molecule has 0 unspecified atom stereocenters. The molecule has 104 valence electrons. The minimum Gasteiger partial charge on any atom is -0.497 e. The quantitative estimate of drug-likeness (QED) is 0.867. The Hall–Kier alpha value is -2.56. The summed E-state index contributed by atoms with van der Waals surface area (Å²) in [6, 6.07) is 8.82. The van der Waals surface area contributed by atoms with Gasteiger partial charge in [0.2, 0.25) is 0 Å². The molecule has 0 fully saturated rings. The molecule has 5 heteroatoms. The molecule has 0 bridgehead atoms. The van der Waals surface area contributed by atoms with Gasteiger partial charge in [0.25, 0.3) is 5.56 Å². The molecular weight excluding hydrogens is 258 g/mol. The van der Waals surface area contributed by atoms with E-state index in [1.54, 1.807) is 44.4 Å². The van der Waals surface area contributed by atoms with Crippen LogP contribution in [-0.4, -0.2) is 24.7 Å². The topological polar surface area (TPSA) is 68.4 Å². The van der Waals surface area contributed by atoms with Gasteiger partial charge in [-0.3, -0.25) is 4.79 Å². The van der Waals surface area contributed by atoms with Crippen LogP contribution in [0.2, 0.25) is 0 Å². The second kappa shape index (κ2) is 6.06. The first-order valence-corrected chi connectivity index (χ1v) is 6.20. The van der Waals surface area contributed by atoms with Crippen LogP contribution in [0.3, 0.4) is 0 Å². The molecule has 0 amide bonds. The molecular formula is C15H15NO4. The number of ether oxygens (including phenoxy) is 2. The number of H-pyrrole nitrogens is 1. The van der Waals surface area contributed by atoms with Crippen molar-refractivity contribution in [3.63, 3.8) is 0 Å². The first-order chi connectivity index (χ1) is 9.67. The van der Waals surface area contributed by atoms with Gasteiger partial charge in [0.1, 0.15) is 11.3 Å². The first-order valence-electron chi connectivity index (χ1n) is 6.20. The van der Waals surface area contributed by atoms with Gasteiger partial charge in [-0.1, -0.05) is 12.1 Å². The second-order valence-corrected chi connectivity index (χ2v) is 4.05. The summed E-state index contributed by atoms with van der Waals surface area (Å²) in [5.41, 5.74) is 0.774. The minimum absolute atomic E-state index is 0.00241. The second-order valence-electron chi connectivity index (χ2n) is 4.05. The summed E-state index contributed by atoms with van der Waals surface area (Å²) < 4.78 is 10.1. The van der Waals surface area contributed by atoms with E-state index in [0.717, 1.165) is 5.56 Å². The zero-order chi connectivity index (χ0) is 14.5. The molecule has 2 aromatic rings. The lowest BCUT2D eigenvalue weighted by molar-refractivity contribution is 0.0525. The van der Waals surface area contributed by atoms with Crippen LogP contribution in [0, 0.1) is 0 Å². The van der Waals surface area contributed by atoms with Gasteiger partial charge in [-0.05, 0) is 30.7 Å². The highest BCUT2D eigenvalue weighted by Crippen LogP contribution is 2.25. The number of benzene rings is 1. The van der Waals surface area contributed by atoms with Gasteiger partial charge in [0.15, 0.2) is 0 Å². The van der Waals surface area contributed by atoms with Gasteiger partial charge in [0.05, 0.1) is 13.7 Å². The van der Waals surface area contributed by atoms with Crippen LogP contribution in [-0.2, 0) is 4.74 Å². The van der Waals surface area contributed by atoms with Crippen molar-refractivity contribution in [2.24, 2.45) is 0 Å². The number of methoxy groups -OCH3 is 1. The largest absolute Gasteiger partial charge is 0.497 e. The van der Waals surface area contributed by atoms with Crippen molar-refractivity contribution in [3.05, 3.63) is 52.4 Å². The summed E-state index contributed by atoms with van der Waals surface area (Å²) in [6.45, 7) is 1.91. The molecule has 0 saturated heterocycles. The monoisotopic (exact) mass is 273 g/mol. The summed E-state index contributed by atoms with van der Waals surface area (Å²) in [6.07, 6.45) is 1.50. The maximum absolute atomic E-state index is 11.9. The summed E-state index contributed by atoms with van der Waals surface area (Å²) in [4.78, 5) is 26.3. The Morgan fingerprint density at radius 3 is 2.80 bits per heavy atom. The smallest absolute Gasteiger partial charge is 0.344 e. The average molecular weight is 273 g/mol. The van der Waals surface area contributed by atoms with Gasteiger partial charge >= 0.3 is 5.97 Å².